The van der Waals surface area contributed by atoms with Gasteiger partial charge in [-0.2, -0.15) is 0 Å². The lowest BCUT2D eigenvalue weighted by atomic mass is 10.00. The number of anilines is 1. The second-order valence-corrected chi connectivity index (χ2v) is 7.88. The van der Waals surface area contributed by atoms with Crippen LogP contribution >= 0.6 is 0 Å². The van der Waals surface area contributed by atoms with E-state index in [4.69, 9.17) is 9.93 Å². The average Bonchev–Trinajstić information content (AvgIpc) is 3.17. The van der Waals surface area contributed by atoms with Crippen molar-refractivity contribution in [1.29, 1.82) is 5.41 Å². The molecular weight excluding hydrogens is 414 g/mol. The highest BCUT2D eigenvalue weighted by Crippen LogP contribution is 2.31. The molecule has 0 aliphatic carbocycles. The fraction of sp³-hybridized carbons (Fsp3) is 0.192. The second kappa shape index (κ2) is 9.56. The van der Waals surface area contributed by atoms with E-state index in [0.717, 1.165) is 39.9 Å². The number of pyridine rings is 2. The van der Waals surface area contributed by atoms with Crippen molar-refractivity contribution in [2.75, 3.05) is 5.32 Å². The van der Waals surface area contributed by atoms with E-state index in [1.807, 2.05) is 69.3 Å². The molecule has 2 N–H and O–H groups in total. The first-order valence-corrected chi connectivity index (χ1v) is 10.7. The van der Waals surface area contributed by atoms with Gasteiger partial charge in [-0.3, -0.25) is 15.4 Å². The van der Waals surface area contributed by atoms with Crippen molar-refractivity contribution in [3.63, 3.8) is 0 Å². The molecule has 0 aliphatic heterocycles. The lowest BCUT2D eigenvalue weighted by molar-refractivity contribution is -0.107. The van der Waals surface area contributed by atoms with Crippen molar-refractivity contribution in [3.8, 4) is 11.1 Å². The van der Waals surface area contributed by atoms with Crippen LogP contribution in [0.25, 0.3) is 11.1 Å². The zero-order valence-electron chi connectivity index (χ0n) is 18.8. The summed E-state index contributed by atoms with van der Waals surface area (Å²) < 4.78 is 5.34. The minimum absolute atomic E-state index is 0.102. The fourth-order valence-electron chi connectivity index (χ4n) is 3.79. The summed E-state index contributed by atoms with van der Waals surface area (Å²) in [5.41, 5.74) is 6.58. The molecular formula is C26H25N5O2. The summed E-state index contributed by atoms with van der Waals surface area (Å²) in [6, 6.07) is 15.1. The molecule has 0 spiro atoms. The minimum atomic E-state index is -0.102. The number of hydrogen-bond donors (Lipinski definition) is 2. The molecule has 0 aliphatic rings. The van der Waals surface area contributed by atoms with Crippen molar-refractivity contribution in [3.05, 3.63) is 94.9 Å². The first kappa shape index (κ1) is 22.1. The summed E-state index contributed by atoms with van der Waals surface area (Å²) in [4.78, 5) is 19.9. The molecule has 3 heterocycles. The number of nitrogens with one attached hydrogen (secondary N) is 2. The van der Waals surface area contributed by atoms with Gasteiger partial charge in [-0.15, -0.1) is 0 Å². The predicted octanol–water partition coefficient (Wildman–Crippen LogP) is 5.08. The maximum Gasteiger partial charge on any atom is 0.141 e. The molecule has 0 saturated carbocycles. The normalized spacial score (nSPS) is 11.7. The van der Waals surface area contributed by atoms with E-state index in [2.05, 4.69) is 20.4 Å². The number of rotatable bonds is 8. The molecule has 0 bridgehead atoms. The summed E-state index contributed by atoms with van der Waals surface area (Å²) >= 11 is 0. The summed E-state index contributed by atoms with van der Waals surface area (Å²) in [6.07, 6.45) is 4.73. The van der Waals surface area contributed by atoms with E-state index in [-0.39, 0.29) is 11.8 Å². The maximum absolute atomic E-state index is 10.8. The van der Waals surface area contributed by atoms with E-state index in [1.54, 1.807) is 12.4 Å². The van der Waals surface area contributed by atoms with Gasteiger partial charge in [-0.1, -0.05) is 35.5 Å². The molecule has 166 valence electrons. The molecule has 7 nitrogen and oxygen atoms in total. The highest BCUT2D eigenvalue weighted by atomic mass is 16.5. The molecule has 1 aromatic carbocycles. The lowest BCUT2D eigenvalue weighted by Crippen LogP contribution is -2.14. The van der Waals surface area contributed by atoms with Gasteiger partial charge in [0.25, 0.3) is 0 Å². The van der Waals surface area contributed by atoms with Crippen LogP contribution in [0.4, 0.5) is 5.69 Å². The molecule has 7 heteroatoms. The molecule has 3 aromatic heterocycles. The first-order chi connectivity index (χ1) is 16.0. The third kappa shape index (κ3) is 4.72. The number of carbonyl (C=O) groups excluding carboxylic acids is 1. The fourth-order valence-corrected chi connectivity index (χ4v) is 3.79. The van der Waals surface area contributed by atoms with Crippen LogP contribution in [0.15, 0.2) is 65.4 Å². The van der Waals surface area contributed by atoms with Gasteiger partial charge in [0.15, 0.2) is 0 Å². The van der Waals surface area contributed by atoms with Crippen molar-refractivity contribution in [1.82, 2.24) is 15.1 Å². The molecule has 4 aromatic rings. The van der Waals surface area contributed by atoms with E-state index < -0.39 is 0 Å². The number of carbonyl (C=O) groups is 1. The van der Waals surface area contributed by atoms with Crippen LogP contribution in [-0.2, 0) is 11.2 Å². The van der Waals surface area contributed by atoms with Gasteiger partial charge in [0, 0.05) is 35.5 Å². The molecule has 0 fully saturated rings. The van der Waals surface area contributed by atoms with Gasteiger partial charge in [-0.05, 0) is 44.5 Å². The minimum Gasteiger partial charge on any atom is -0.375 e. The molecule has 1 atom stereocenters. The van der Waals surface area contributed by atoms with Crippen LogP contribution in [-0.4, -0.2) is 27.1 Å². The van der Waals surface area contributed by atoms with Crippen LogP contribution < -0.4 is 5.32 Å². The zero-order chi connectivity index (χ0) is 23.4. The van der Waals surface area contributed by atoms with E-state index in [1.165, 1.54) is 0 Å². The van der Waals surface area contributed by atoms with E-state index in [9.17, 15) is 4.79 Å². The molecule has 0 saturated heterocycles. The maximum atomic E-state index is 10.8. The summed E-state index contributed by atoms with van der Waals surface area (Å²) in [5, 5.41) is 16.4. The average molecular weight is 440 g/mol. The molecule has 33 heavy (non-hydrogen) atoms. The first-order valence-electron chi connectivity index (χ1n) is 10.7. The standard InChI is InChI=1S/C26H25N5O2/c1-16(22-6-4-5-12-28-22)30-23-14-21(24-17(2)31-33-18(24)3)15-29-26(23)25(27)20-9-7-19(8-10-20)11-13-32/h4-10,12-16,27,30H,11H2,1-3H3. The van der Waals surface area contributed by atoms with E-state index >= 15 is 0 Å². The van der Waals surface area contributed by atoms with Crippen molar-refractivity contribution < 1.29 is 9.32 Å². The van der Waals surface area contributed by atoms with Gasteiger partial charge in [0.05, 0.1) is 28.8 Å². The molecule has 0 amide bonds. The predicted molar refractivity (Wildman–Crippen MR) is 128 cm³/mol. The molecule has 0 radical (unpaired) electrons. The largest absolute Gasteiger partial charge is 0.375 e. The number of aldehydes is 1. The van der Waals surface area contributed by atoms with Crippen molar-refractivity contribution in [2.24, 2.45) is 0 Å². The topological polar surface area (TPSA) is 105 Å². The monoisotopic (exact) mass is 439 g/mol. The number of aromatic nitrogens is 3. The van der Waals surface area contributed by atoms with Gasteiger partial charge < -0.3 is 14.6 Å². The molecule has 1 unspecified atom stereocenters. The van der Waals surface area contributed by atoms with Gasteiger partial charge in [-0.25, -0.2) is 0 Å². The Bertz CT molecular complexity index is 1260. The third-order valence-electron chi connectivity index (χ3n) is 5.51. The van der Waals surface area contributed by atoms with Crippen LogP contribution in [0.2, 0.25) is 0 Å². The lowest BCUT2D eigenvalue weighted by Gasteiger charge is -2.19. The summed E-state index contributed by atoms with van der Waals surface area (Å²) in [5.74, 6) is 0.714. The van der Waals surface area contributed by atoms with Gasteiger partial charge in [0.2, 0.25) is 0 Å². The Hall–Kier alpha value is -4.13. The number of benzene rings is 1. The second-order valence-electron chi connectivity index (χ2n) is 7.88. The Morgan fingerprint density at radius 2 is 1.94 bits per heavy atom. The van der Waals surface area contributed by atoms with Crippen LogP contribution in [0, 0.1) is 19.3 Å². The Morgan fingerprint density at radius 3 is 2.58 bits per heavy atom. The van der Waals surface area contributed by atoms with Gasteiger partial charge in [0.1, 0.15) is 17.7 Å². The van der Waals surface area contributed by atoms with Crippen LogP contribution in [0.1, 0.15) is 46.9 Å². The third-order valence-corrected chi connectivity index (χ3v) is 5.51. The Morgan fingerprint density at radius 1 is 1.15 bits per heavy atom. The summed E-state index contributed by atoms with van der Waals surface area (Å²) in [7, 11) is 0. The Labute approximate surface area is 192 Å². The Balaban J connectivity index is 1.75. The van der Waals surface area contributed by atoms with Crippen molar-refractivity contribution >= 4 is 17.7 Å². The van der Waals surface area contributed by atoms with Gasteiger partial charge >= 0.3 is 0 Å². The highest BCUT2D eigenvalue weighted by Gasteiger charge is 2.19. The summed E-state index contributed by atoms with van der Waals surface area (Å²) in [6.45, 7) is 5.79. The van der Waals surface area contributed by atoms with E-state index in [0.29, 0.717) is 23.6 Å². The molecule has 4 rings (SSSR count). The smallest absolute Gasteiger partial charge is 0.141 e. The SMILES string of the molecule is Cc1noc(C)c1-c1cnc(C(=N)c2ccc(CC=O)cc2)c(NC(C)c2ccccn2)c1. The number of aryl methyl sites for hydroxylation is 2. The van der Waals surface area contributed by atoms with Crippen LogP contribution in [0.5, 0.6) is 0 Å². The highest BCUT2D eigenvalue weighted by molar-refractivity contribution is 6.13. The van der Waals surface area contributed by atoms with Crippen LogP contribution in [0.3, 0.4) is 0 Å². The zero-order valence-corrected chi connectivity index (χ0v) is 18.8. The Kier molecular flexibility index (Phi) is 6.40. The number of hydrogen-bond acceptors (Lipinski definition) is 7. The van der Waals surface area contributed by atoms with Crippen molar-refractivity contribution in [2.45, 2.75) is 33.2 Å². The number of nitrogens with zero attached hydrogens (tertiary/aromatic N) is 3. The quantitative estimate of drug-likeness (QED) is 0.293.